The molecular weight excluding hydrogens is 244 g/mol. The van der Waals surface area contributed by atoms with E-state index in [0.29, 0.717) is 11.4 Å². The molecule has 0 spiro atoms. The Balaban J connectivity index is 2.33. The van der Waals surface area contributed by atoms with Crippen LogP contribution in [0.1, 0.15) is 16.1 Å². The van der Waals surface area contributed by atoms with Crippen LogP contribution in [0.2, 0.25) is 0 Å². The number of amides is 1. The number of nitrogens with one attached hydrogen (secondary N) is 1. The lowest BCUT2D eigenvalue weighted by atomic mass is 10.2. The van der Waals surface area contributed by atoms with Crippen molar-refractivity contribution in [3.05, 3.63) is 58.0 Å². The third-order valence-corrected chi connectivity index (χ3v) is 2.83. The van der Waals surface area contributed by atoms with E-state index in [1.54, 1.807) is 26.1 Å². The van der Waals surface area contributed by atoms with Crippen molar-refractivity contribution in [2.24, 2.45) is 0 Å². The second-order valence-electron chi connectivity index (χ2n) is 4.27. The van der Waals surface area contributed by atoms with Crippen LogP contribution in [0, 0.1) is 6.92 Å². The molecule has 1 aromatic carbocycles. The number of hydrogen-bond acceptors (Lipinski definition) is 3. The van der Waals surface area contributed by atoms with Crippen molar-refractivity contribution in [2.45, 2.75) is 6.92 Å². The highest BCUT2D eigenvalue weighted by Gasteiger charge is 2.16. The number of phenolic OH excluding ortho intramolecular Hbond substituents is 1. The van der Waals surface area contributed by atoms with Gasteiger partial charge in [0, 0.05) is 30.7 Å². The summed E-state index contributed by atoms with van der Waals surface area (Å²) >= 11 is 0. The van der Waals surface area contributed by atoms with Crippen molar-refractivity contribution in [2.75, 3.05) is 11.9 Å². The zero-order valence-corrected chi connectivity index (χ0v) is 10.7. The Labute approximate surface area is 110 Å². The average molecular weight is 258 g/mol. The summed E-state index contributed by atoms with van der Waals surface area (Å²) < 4.78 is 0. The zero-order valence-electron chi connectivity index (χ0n) is 10.7. The van der Waals surface area contributed by atoms with E-state index < -0.39 is 5.91 Å². The fourth-order valence-corrected chi connectivity index (χ4v) is 1.71. The molecule has 2 aromatic rings. The number of aryl methyl sites for hydroxylation is 1. The molecule has 5 heteroatoms. The van der Waals surface area contributed by atoms with Crippen LogP contribution in [0.4, 0.5) is 5.69 Å². The van der Waals surface area contributed by atoms with Gasteiger partial charge in [-0.1, -0.05) is 0 Å². The summed E-state index contributed by atoms with van der Waals surface area (Å²) in [6, 6.07) is 7.57. The Kier molecular flexibility index (Phi) is 3.37. The monoisotopic (exact) mass is 258 g/mol. The highest BCUT2D eigenvalue weighted by atomic mass is 16.3. The van der Waals surface area contributed by atoms with Crippen LogP contribution in [-0.2, 0) is 0 Å². The summed E-state index contributed by atoms with van der Waals surface area (Å²) in [4.78, 5) is 28.2. The fraction of sp³-hybridized carbons (Fsp3) is 0.143. The number of H-pyrrole nitrogens is 1. The van der Waals surface area contributed by atoms with Crippen molar-refractivity contribution >= 4 is 11.6 Å². The van der Waals surface area contributed by atoms with Crippen LogP contribution in [-0.4, -0.2) is 23.0 Å². The Morgan fingerprint density at radius 1 is 1.26 bits per heavy atom. The van der Waals surface area contributed by atoms with Gasteiger partial charge in [-0.15, -0.1) is 0 Å². The molecule has 0 atom stereocenters. The molecule has 5 nitrogen and oxygen atoms in total. The minimum absolute atomic E-state index is 0.0844. The molecule has 0 radical (unpaired) electrons. The molecule has 19 heavy (non-hydrogen) atoms. The molecule has 0 saturated heterocycles. The number of rotatable bonds is 2. The Bertz CT molecular complexity index is 659. The van der Waals surface area contributed by atoms with Gasteiger partial charge >= 0.3 is 0 Å². The van der Waals surface area contributed by atoms with Gasteiger partial charge in [0.1, 0.15) is 11.3 Å². The lowest BCUT2D eigenvalue weighted by Crippen LogP contribution is -2.30. The van der Waals surface area contributed by atoms with Crippen LogP contribution >= 0.6 is 0 Å². The topological polar surface area (TPSA) is 73.4 Å². The maximum Gasteiger partial charge on any atom is 0.263 e. The number of carbonyl (C=O) groups is 1. The number of carbonyl (C=O) groups excluding carboxylic acids is 1. The van der Waals surface area contributed by atoms with Crippen molar-refractivity contribution in [3.63, 3.8) is 0 Å². The zero-order chi connectivity index (χ0) is 14.0. The van der Waals surface area contributed by atoms with E-state index in [-0.39, 0.29) is 16.7 Å². The van der Waals surface area contributed by atoms with Gasteiger partial charge in [0.05, 0.1) is 0 Å². The minimum atomic E-state index is -0.396. The fourth-order valence-electron chi connectivity index (χ4n) is 1.71. The third-order valence-electron chi connectivity index (χ3n) is 2.83. The number of pyridine rings is 1. The number of nitrogens with zero attached hydrogens (tertiary/aromatic N) is 1. The number of anilines is 1. The van der Waals surface area contributed by atoms with E-state index >= 15 is 0 Å². The Hall–Kier alpha value is -2.56. The molecule has 0 aliphatic heterocycles. The molecule has 0 aliphatic carbocycles. The summed E-state index contributed by atoms with van der Waals surface area (Å²) in [7, 11) is 1.58. The largest absolute Gasteiger partial charge is 0.508 e. The minimum Gasteiger partial charge on any atom is -0.508 e. The van der Waals surface area contributed by atoms with E-state index in [4.69, 9.17) is 0 Å². The molecule has 0 aliphatic rings. The molecule has 0 unspecified atom stereocenters. The quantitative estimate of drug-likeness (QED) is 0.860. The average Bonchev–Trinajstić information content (AvgIpc) is 2.38. The first-order valence-corrected chi connectivity index (χ1v) is 5.75. The smallest absolute Gasteiger partial charge is 0.263 e. The molecule has 1 amide bonds. The van der Waals surface area contributed by atoms with Crippen molar-refractivity contribution in [1.29, 1.82) is 0 Å². The molecule has 2 N–H and O–H groups in total. The summed E-state index contributed by atoms with van der Waals surface area (Å²) in [6.45, 7) is 1.75. The predicted octanol–water partition coefficient (Wildman–Crippen LogP) is 1.67. The SMILES string of the molecule is Cc1cc(=O)c(C(=O)N(C)c2ccc(O)cc2)c[nH]1. The normalized spacial score (nSPS) is 10.2. The maximum absolute atomic E-state index is 12.2. The number of benzene rings is 1. The number of phenols is 1. The van der Waals surface area contributed by atoms with Gasteiger partial charge in [-0.05, 0) is 31.2 Å². The van der Waals surface area contributed by atoms with Gasteiger partial charge < -0.3 is 15.0 Å². The molecule has 98 valence electrons. The number of hydrogen-bond donors (Lipinski definition) is 2. The van der Waals surface area contributed by atoms with E-state index in [1.807, 2.05) is 0 Å². The Morgan fingerprint density at radius 2 is 1.89 bits per heavy atom. The molecule has 0 bridgehead atoms. The summed E-state index contributed by atoms with van der Waals surface area (Å²) in [5, 5.41) is 9.21. The molecule has 2 rings (SSSR count). The molecule has 0 fully saturated rings. The van der Waals surface area contributed by atoms with Crippen LogP contribution in [0.25, 0.3) is 0 Å². The van der Waals surface area contributed by atoms with E-state index in [1.165, 1.54) is 29.3 Å². The van der Waals surface area contributed by atoms with Crippen molar-refractivity contribution in [1.82, 2.24) is 4.98 Å². The first kappa shape index (κ1) is 12.9. The molecular formula is C14H14N2O3. The van der Waals surface area contributed by atoms with Crippen molar-refractivity contribution in [3.8, 4) is 5.75 Å². The lowest BCUT2D eigenvalue weighted by molar-refractivity contribution is 0.0991. The van der Waals surface area contributed by atoms with Gasteiger partial charge in [0.15, 0.2) is 5.43 Å². The van der Waals surface area contributed by atoms with E-state index in [2.05, 4.69) is 4.98 Å². The van der Waals surface area contributed by atoms with E-state index in [0.717, 1.165) is 0 Å². The first-order valence-electron chi connectivity index (χ1n) is 5.75. The third kappa shape index (κ3) is 2.65. The lowest BCUT2D eigenvalue weighted by Gasteiger charge is -2.17. The highest BCUT2D eigenvalue weighted by Crippen LogP contribution is 2.18. The van der Waals surface area contributed by atoms with Gasteiger partial charge in [-0.3, -0.25) is 9.59 Å². The highest BCUT2D eigenvalue weighted by molar-refractivity contribution is 6.05. The van der Waals surface area contributed by atoms with Gasteiger partial charge in [0.2, 0.25) is 0 Å². The molecule has 1 aromatic heterocycles. The standard InChI is InChI=1S/C14H14N2O3/c1-9-7-13(18)12(8-15-9)14(19)16(2)10-3-5-11(17)6-4-10/h3-8,17H,1-2H3,(H,15,18). The van der Waals surface area contributed by atoms with Gasteiger partial charge in [0.25, 0.3) is 5.91 Å². The predicted molar refractivity (Wildman–Crippen MR) is 72.6 cm³/mol. The van der Waals surface area contributed by atoms with Gasteiger partial charge in [-0.25, -0.2) is 0 Å². The van der Waals surface area contributed by atoms with Gasteiger partial charge in [-0.2, -0.15) is 0 Å². The first-order chi connectivity index (χ1) is 8.99. The summed E-state index contributed by atoms with van der Waals surface area (Å²) in [5.41, 5.74) is 1.07. The van der Waals surface area contributed by atoms with Crippen LogP contribution in [0.15, 0.2) is 41.3 Å². The second kappa shape index (κ2) is 4.97. The number of aromatic hydroxyl groups is 1. The van der Waals surface area contributed by atoms with Crippen LogP contribution in [0.5, 0.6) is 5.75 Å². The number of aromatic amines is 1. The molecule has 1 heterocycles. The maximum atomic E-state index is 12.2. The summed E-state index contributed by atoms with van der Waals surface area (Å²) in [6.07, 6.45) is 1.41. The second-order valence-corrected chi connectivity index (χ2v) is 4.27. The van der Waals surface area contributed by atoms with Crippen LogP contribution in [0.3, 0.4) is 0 Å². The number of aromatic nitrogens is 1. The van der Waals surface area contributed by atoms with Crippen LogP contribution < -0.4 is 10.3 Å². The Morgan fingerprint density at radius 3 is 2.47 bits per heavy atom. The molecule has 0 saturated carbocycles. The van der Waals surface area contributed by atoms with Crippen molar-refractivity contribution < 1.29 is 9.90 Å². The van der Waals surface area contributed by atoms with E-state index in [9.17, 15) is 14.7 Å². The summed E-state index contributed by atoms with van der Waals surface area (Å²) in [5.74, 6) is -0.273.